The SMILES string of the molecule is Cc1cc(C)c(C(=O)OCC[Si](C)(C)C)c(/C=C/C[C@@H]2OC(C)(C)O[C@@H]2C(O)/C=C\C[C@H](C)O[Si](c2ccccc2)(c2ccccc2)C(C)(C)C)c1.Cc1cc(C)c(C(=O)OCC[Si](C)(C)C)c(/C=C/C[C@@H]2OC(C)(C)O[C@@H]2C(O)C#CCC(C)C(F)(F)F)c1. The summed E-state index contributed by atoms with van der Waals surface area (Å²) >= 11 is 0. The van der Waals surface area contributed by atoms with Crippen LogP contribution in [0, 0.1) is 45.5 Å². The number of alkyl halides is 3. The van der Waals surface area contributed by atoms with Crippen molar-refractivity contribution in [1.29, 1.82) is 0 Å². The second-order valence-corrected chi connectivity index (χ2v) is 44.2. The monoisotopic (exact) mass is 1300 g/mol. The van der Waals surface area contributed by atoms with Crippen LogP contribution in [0.25, 0.3) is 12.2 Å². The van der Waals surface area contributed by atoms with Gasteiger partial charge < -0.3 is 43.1 Å². The molecule has 4 aromatic carbocycles. The average molecular weight is 1300 g/mol. The van der Waals surface area contributed by atoms with E-state index in [0.717, 1.165) is 52.4 Å². The van der Waals surface area contributed by atoms with E-state index >= 15 is 0 Å². The van der Waals surface area contributed by atoms with E-state index in [1.165, 1.54) is 10.4 Å². The third-order valence-corrected chi connectivity index (χ3v) is 24.4. The zero-order chi connectivity index (χ0) is 67.2. The highest BCUT2D eigenvalue weighted by Gasteiger charge is 2.51. The van der Waals surface area contributed by atoms with Gasteiger partial charge in [-0.2, -0.15) is 13.2 Å². The summed E-state index contributed by atoms with van der Waals surface area (Å²) in [5.41, 5.74) is 6.43. The molecule has 494 valence electrons. The second kappa shape index (κ2) is 32.1. The summed E-state index contributed by atoms with van der Waals surface area (Å²) in [4.78, 5) is 26.2. The fourth-order valence-electron chi connectivity index (χ4n) is 11.2. The molecule has 2 fully saturated rings. The molecule has 0 spiro atoms. The fraction of sp³-hybridized carbons (Fsp3) is 0.534. The molecule has 3 unspecified atom stereocenters. The van der Waals surface area contributed by atoms with Crippen molar-refractivity contribution in [2.24, 2.45) is 5.92 Å². The number of carbonyl (C=O) groups excluding carboxylic acids is 2. The van der Waals surface area contributed by atoms with Gasteiger partial charge in [0, 0.05) is 28.7 Å². The average Bonchev–Trinajstić information content (AvgIpc) is 1.09. The van der Waals surface area contributed by atoms with Gasteiger partial charge in [-0.1, -0.05) is 211 Å². The van der Waals surface area contributed by atoms with Gasteiger partial charge in [0.1, 0.15) is 24.4 Å². The molecule has 0 amide bonds. The van der Waals surface area contributed by atoms with Crippen molar-refractivity contribution in [2.75, 3.05) is 13.2 Å². The van der Waals surface area contributed by atoms with Gasteiger partial charge in [0.15, 0.2) is 11.6 Å². The van der Waals surface area contributed by atoms with E-state index in [4.69, 9.17) is 32.8 Å². The number of esters is 2. The zero-order valence-corrected chi connectivity index (χ0v) is 60.0. The Bertz CT molecular complexity index is 3110. The summed E-state index contributed by atoms with van der Waals surface area (Å²) in [6, 6.07) is 31.0. The molecule has 0 saturated carbocycles. The summed E-state index contributed by atoms with van der Waals surface area (Å²) in [6.07, 6.45) is 3.53. The number of ether oxygens (including phenoxy) is 6. The van der Waals surface area contributed by atoms with Crippen LogP contribution >= 0.6 is 0 Å². The predicted molar refractivity (Wildman–Crippen MR) is 365 cm³/mol. The van der Waals surface area contributed by atoms with E-state index in [-0.39, 0.29) is 29.2 Å². The highest BCUT2D eigenvalue weighted by molar-refractivity contribution is 6.99. The molecule has 0 aliphatic carbocycles. The molecule has 2 saturated heterocycles. The normalized spacial score (nSPS) is 20.1. The third-order valence-electron chi connectivity index (χ3n) is 15.8. The van der Waals surface area contributed by atoms with E-state index in [1.807, 2.05) is 102 Å². The van der Waals surface area contributed by atoms with E-state index < -0.39 is 85.1 Å². The van der Waals surface area contributed by atoms with Crippen LogP contribution in [0.1, 0.15) is 142 Å². The topological polar surface area (TPSA) is 139 Å². The Morgan fingerprint density at radius 2 is 1.07 bits per heavy atom. The largest absolute Gasteiger partial charge is 0.462 e. The first-order chi connectivity index (χ1) is 41.7. The Morgan fingerprint density at radius 1 is 0.644 bits per heavy atom. The van der Waals surface area contributed by atoms with E-state index in [9.17, 15) is 33.0 Å². The second-order valence-electron chi connectivity index (χ2n) is 28.7. The number of benzene rings is 4. The molecule has 0 radical (unpaired) electrons. The van der Waals surface area contributed by atoms with Crippen LogP contribution in [0.5, 0.6) is 0 Å². The lowest BCUT2D eigenvalue weighted by molar-refractivity contribution is -0.168. The van der Waals surface area contributed by atoms with Crippen molar-refractivity contribution >= 4 is 58.9 Å². The number of aliphatic hydroxyl groups excluding tert-OH is 2. The van der Waals surface area contributed by atoms with Gasteiger partial charge in [-0.15, -0.1) is 0 Å². The van der Waals surface area contributed by atoms with Crippen LogP contribution in [0.2, 0.25) is 56.4 Å². The van der Waals surface area contributed by atoms with Crippen molar-refractivity contribution in [3.63, 3.8) is 0 Å². The van der Waals surface area contributed by atoms with Crippen molar-refractivity contribution in [1.82, 2.24) is 0 Å². The molecule has 6 rings (SSSR count). The smallest absolute Gasteiger partial charge is 0.392 e. The number of hydrogen-bond donors (Lipinski definition) is 2. The van der Waals surface area contributed by atoms with Crippen molar-refractivity contribution in [3.8, 4) is 11.8 Å². The maximum absolute atomic E-state index is 13.2. The highest BCUT2D eigenvalue weighted by Crippen LogP contribution is 2.39. The standard InChI is InChI=1S/C44H62O6Si2.C29H41F3O5Si/c1-32-30-33(2)40(42(46)47-28-29-51(9,10)11)35(31-32)21-19-27-39-41(49-44(7,8)48-39)38(45)26-18-20-34(3)50-52(43(4,5)6,36-22-14-12-15-23-36)37-24-16-13-17-25-37;1-19-17-20(2)25(27(34)35-15-16-38(6,7)8)22(18-19)12-10-14-24-26(37-28(4,5)36-24)23(33)13-9-11-21(3)29(30,31)32/h12-19,21-26,30-31,34,38-39,41,45H,20,27-29H2,1-11H3;10,12,17-18,21,23-24,26,33H,11,14-16H2,1-8H3/b21-19+,26-18-;12-10+/t34-,38?,39-,41+;21?,23?,24-,26+/m00/s1. The first-order valence-corrected chi connectivity index (χ1v) is 41.0. The van der Waals surface area contributed by atoms with Crippen LogP contribution < -0.4 is 10.4 Å². The molecule has 8 atom stereocenters. The summed E-state index contributed by atoms with van der Waals surface area (Å²) in [5.74, 6) is 0.849. The van der Waals surface area contributed by atoms with Crippen LogP contribution in [0.4, 0.5) is 13.2 Å². The van der Waals surface area contributed by atoms with Gasteiger partial charge in [-0.05, 0) is 131 Å². The number of hydrogen-bond acceptors (Lipinski definition) is 11. The van der Waals surface area contributed by atoms with Crippen molar-refractivity contribution in [2.45, 2.75) is 233 Å². The molecule has 0 aromatic heterocycles. The molecule has 2 heterocycles. The molecule has 4 aromatic rings. The minimum absolute atomic E-state index is 0.0973. The molecule has 0 bridgehead atoms. The number of carbonyl (C=O) groups is 2. The summed E-state index contributed by atoms with van der Waals surface area (Å²) in [7, 11) is -5.37. The van der Waals surface area contributed by atoms with Crippen molar-refractivity contribution < 1.29 is 65.8 Å². The summed E-state index contributed by atoms with van der Waals surface area (Å²) in [6.45, 7) is 39.3. The van der Waals surface area contributed by atoms with Crippen LogP contribution in [0.3, 0.4) is 0 Å². The highest BCUT2D eigenvalue weighted by atomic mass is 28.4. The van der Waals surface area contributed by atoms with E-state index in [1.54, 1.807) is 13.8 Å². The van der Waals surface area contributed by atoms with Crippen LogP contribution in [-0.4, -0.2) is 120 Å². The molecular formula is C73H103F3O11Si3. The third kappa shape index (κ3) is 22.5. The van der Waals surface area contributed by atoms with Gasteiger partial charge in [0.2, 0.25) is 0 Å². The lowest BCUT2D eigenvalue weighted by Gasteiger charge is -2.44. The van der Waals surface area contributed by atoms with Gasteiger partial charge in [0.05, 0.1) is 42.5 Å². The number of halogens is 3. The Labute approximate surface area is 539 Å². The first kappa shape index (κ1) is 75.5. The Balaban J connectivity index is 0.000000344. The lowest BCUT2D eigenvalue weighted by atomic mass is 9.97. The van der Waals surface area contributed by atoms with Gasteiger partial charge in [-0.25, -0.2) is 9.59 Å². The molecule has 2 aliphatic heterocycles. The van der Waals surface area contributed by atoms with Gasteiger partial charge in [-0.3, -0.25) is 0 Å². The fourth-order valence-corrected chi connectivity index (χ4v) is 17.4. The number of rotatable bonds is 24. The van der Waals surface area contributed by atoms with E-state index in [0.29, 0.717) is 43.6 Å². The maximum Gasteiger partial charge on any atom is 0.392 e. The van der Waals surface area contributed by atoms with Crippen LogP contribution in [0.15, 0.2) is 109 Å². The van der Waals surface area contributed by atoms with Crippen molar-refractivity contribution in [3.05, 3.63) is 154 Å². The molecule has 90 heavy (non-hydrogen) atoms. The Kier molecular flexibility index (Phi) is 26.9. The minimum Gasteiger partial charge on any atom is -0.462 e. The molecule has 11 nitrogen and oxygen atoms in total. The predicted octanol–water partition coefficient (Wildman–Crippen LogP) is 15.7. The molecule has 2 N–H and O–H groups in total. The first-order valence-electron chi connectivity index (χ1n) is 31.7. The molecule has 17 heteroatoms. The van der Waals surface area contributed by atoms with E-state index in [2.05, 4.69) is 139 Å². The lowest BCUT2D eigenvalue weighted by Crippen LogP contribution is -2.67. The van der Waals surface area contributed by atoms with Crippen LogP contribution in [-0.2, 0) is 32.8 Å². The minimum atomic E-state index is -4.34. The van der Waals surface area contributed by atoms with Gasteiger partial charge in [0.25, 0.3) is 8.32 Å². The molecular weight excluding hydrogens is 1190 g/mol. The summed E-state index contributed by atoms with van der Waals surface area (Å²) in [5, 5.41) is 24.4. The Morgan fingerprint density at radius 3 is 1.48 bits per heavy atom. The Hall–Kier alpha value is -5.24. The zero-order valence-electron chi connectivity index (χ0n) is 57.0. The quantitative estimate of drug-likeness (QED) is 0.0300. The maximum atomic E-state index is 13.2. The number of aliphatic hydroxyl groups is 2. The summed E-state index contributed by atoms with van der Waals surface area (Å²) < 4.78 is 81.1. The van der Waals surface area contributed by atoms with Gasteiger partial charge >= 0.3 is 18.1 Å². The molecule has 2 aliphatic rings. The number of aryl methyl sites for hydroxylation is 4.